The third kappa shape index (κ3) is 17.7. The van der Waals surface area contributed by atoms with Gasteiger partial charge in [-0.1, -0.05) is 114 Å². The summed E-state index contributed by atoms with van der Waals surface area (Å²) in [5.74, 6) is 0. The van der Waals surface area contributed by atoms with Crippen molar-refractivity contribution in [2.24, 2.45) is 0 Å². The highest BCUT2D eigenvalue weighted by Crippen LogP contribution is 2.14. The summed E-state index contributed by atoms with van der Waals surface area (Å²) < 4.78 is 1.11. The summed E-state index contributed by atoms with van der Waals surface area (Å²) in [5.41, 5.74) is 1.46. The first-order valence-corrected chi connectivity index (χ1v) is 11.5. The first-order valence-electron chi connectivity index (χ1n) is 11.5. The fraction of sp³-hybridized carbons (Fsp3) is 0.760. The molecule has 0 fully saturated rings. The largest absolute Gasteiger partial charge is 1.00 e. The Morgan fingerprint density at radius 1 is 0.607 bits per heavy atom. The zero-order valence-electron chi connectivity index (χ0n) is 19.2. The molecule has 1 aromatic carbocycles. The van der Waals surface area contributed by atoms with Crippen LogP contribution in [-0.4, -0.2) is 25.1 Å². The minimum atomic E-state index is 0. The fourth-order valence-corrected chi connectivity index (χ4v) is 3.89. The maximum Gasteiger partial charge on any atom is 0.104 e. The molecule has 0 aromatic heterocycles. The summed E-state index contributed by atoms with van der Waals surface area (Å²) in [4.78, 5) is 0. The molecule has 0 aliphatic rings. The van der Waals surface area contributed by atoms with Gasteiger partial charge >= 0.3 is 0 Å². The Balaban J connectivity index is 0. The van der Waals surface area contributed by atoms with E-state index in [9.17, 15) is 0 Å². The van der Waals surface area contributed by atoms with Crippen LogP contribution in [0.25, 0.3) is 0 Å². The number of quaternary nitrogens is 1. The second-order valence-electron chi connectivity index (χ2n) is 8.90. The van der Waals surface area contributed by atoms with Crippen molar-refractivity contribution in [3.8, 4) is 0 Å². The lowest BCUT2D eigenvalue weighted by Crippen LogP contribution is -3.00. The van der Waals surface area contributed by atoms with Crippen LogP contribution in [0.5, 0.6) is 0 Å². The SMILES string of the molecule is CCCCCCCCCCCCCCCC[N+](C)(C)Cc1ccccc1.N.[Br-]. The molecule has 1 aromatic rings. The van der Waals surface area contributed by atoms with Gasteiger partial charge in [0, 0.05) is 5.56 Å². The van der Waals surface area contributed by atoms with E-state index in [1.165, 1.54) is 102 Å². The van der Waals surface area contributed by atoms with E-state index in [1.807, 2.05) is 0 Å². The summed E-state index contributed by atoms with van der Waals surface area (Å²) >= 11 is 0. The molecule has 2 nitrogen and oxygen atoms in total. The summed E-state index contributed by atoms with van der Waals surface area (Å²) in [7, 11) is 4.74. The van der Waals surface area contributed by atoms with Gasteiger partial charge in [0.1, 0.15) is 6.54 Å². The van der Waals surface area contributed by atoms with Crippen LogP contribution in [0.2, 0.25) is 0 Å². The number of unbranched alkanes of at least 4 members (excludes halogenated alkanes) is 13. The molecule has 0 bridgehead atoms. The van der Waals surface area contributed by atoms with Gasteiger partial charge < -0.3 is 27.6 Å². The summed E-state index contributed by atoms with van der Waals surface area (Å²) in [6.07, 6.45) is 20.2. The number of hydrogen-bond acceptors (Lipinski definition) is 1. The molecule has 0 unspecified atom stereocenters. The van der Waals surface area contributed by atoms with E-state index in [2.05, 4.69) is 51.4 Å². The second-order valence-corrected chi connectivity index (χ2v) is 8.90. The van der Waals surface area contributed by atoms with Gasteiger partial charge in [-0.2, -0.15) is 0 Å². The molecule has 28 heavy (non-hydrogen) atoms. The van der Waals surface area contributed by atoms with Crippen molar-refractivity contribution < 1.29 is 21.5 Å². The minimum Gasteiger partial charge on any atom is -1.00 e. The van der Waals surface area contributed by atoms with Crippen LogP contribution in [0, 0.1) is 0 Å². The first kappa shape index (κ1) is 29.8. The van der Waals surface area contributed by atoms with Crippen molar-refractivity contribution in [3.63, 3.8) is 0 Å². The first-order chi connectivity index (χ1) is 12.6. The average molecular weight is 458 g/mol. The standard InChI is InChI=1S/C25H46N.BrH.H3N/c1-4-5-6-7-8-9-10-11-12-13-14-15-16-20-23-26(2,3)24-25-21-18-17-19-22-25;;/h17-19,21-22H,4-16,20,23-24H2,1-3H3;1H;1H3/q+1;;/p-1. The topological polar surface area (TPSA) is 35.0 Å². The van der Waals surface area contributed by atoms with Gasteiger partial charge in [-0.3, -0.25) is 0 Å². The third-order valence-electron chi connectivity index (χ3n) is 5.57. The zero-order chi connectivity index (χ0) is 18.9. The van der Waals surface area contributed by atoms with Gasteiger partial charge in [0.2, 0.25) is 0 Å². The van der Waals surface area contributed by atoms with Crippen molar-refractivity contribution in [2.75, 3.05) is 20.6 Å². The van der Waals surface area contributed by atoms with Crippen molar-refractivity contribution in [3.05, 3.63) is 35.9 Å². The molecule has 166 valence electrons. The predicted octanol–water partition coefficient (Wildman–Crippen LogP) is 4.91. The minimum absolute atomic E-state index is 0. The Kier molecular flexibility index (Phi) is 21.2. The van der Waals surface area contributed by atoms with E-state index in [0.717, 1.165) is 11.0 Å². The van der Waals surface area contributed by atoms with Crippen LogP contribution in [0.15, 0.2) is 30.3 Å². The summed E-state index contributed by atoms with van der Waals surface area (Å²) in [6.45, 7) is 4.75. The summed E-state index contributed by atoms with van der Waals surface area (Å²) in [5, 5.41) is 0. The van der Waals surface area contributed by atoms with E-state index in [1.54, 1.807) is 0 Å². The Labute approximate surface area is 187 Å². The van der Waals surface area contributed by atoms with E-state index < -0.39 is 0 Å². The number of halogens is 1. The number of rotatable bonds is 17. The van der Waals surface area contributed by atoms with Gasteiger partial charge in [0.05, 0.1) is 20.6 Å². The molecule has 0 saturated heterocycles. The van der Waals surface area contributed by atoms with E-state index >= 15 is 0 Å². The smallest absolute Gasteiger partial charge is 0.104 e. The van der Waals surface area contributed by atoms with Crippen LogP contribution >= 0.6 is 0 Å². The van der Waals surface area contributed by atoms with Gasteiger partial charge in [-0.15, -0.1) is 0 Å². The molecule has 0 radical (unpaired) electrons. The van der Waals surface area contributed by atoms with Crippen LogP contribution in [-0.2, 0) is 6.54 Å². The van der Waals surface area contributed by atoms with Crippen LogP contribution in [0.3, 0.4) is 0 Å². The predicted molar refractivity (Wildman–Crippen MR) is 122 cm³/mol. The van der Waals surface area contributed by atoms with Crippen LogP contribution in [0.1, 0.15) is 102 Å². The normalized spacial score (nSPS) is 11.0. The third-order valence-corrected chi connectivity index (χ3v) is 5.57. The Morgan fingerprint density at radius 2 is 1.00 bits per heavy atom. The molecule has 0 atom stereocenters. The van der Waals surface area contributed by atoms with Gasteiger partial charge in [0.25, 0.3) is 0 Å². The van der Waals surface area contributed by atoms with Crippen molar-refractivity contribution >= 4 is 0 Å². The lowest BCUT2D eigenvalue weighted by atomic mass is 10.0. The highest BCUT2D eigenvalue weighted by Gasteiger charge is 2.14. The zero-order valence-corrected chi connectivity index (χ0v) is 20.8. The monoisotopic (exact) mass is 456 g/mol. The van der Waals surface area contributed by atoms with E-state index in [4.69, 9.17) is 0 Å². The fourth-order valence-electron chi connectivity index (χ4n) is 3.89. The van der Waals surface area contributed by atoms with E-state index in [0.29, 0.717) is 0 Å². The molecule has 3 heteroatoms. The molecule has 0 saturated carbocycles. The molecule has 1 rings (SSSR count). The van der Waals surface area contributed by atoms with Gasteiger partial charge in [-0.25, -0.2) is 0 Å². The van der Waals surface area contributed by atoms with Crippen molar-refractivity contribution in [1.82, 2.24) is 6.15 Å². The highest BCUT2D eigenvalue weighted by molar-refractivity contribution is 5.13. The molecule has 3 N–H and O–H groups in total. The number of benzene rings is 1. The van der Waals surface area contributed by atoms with Crippen molar-refractivity contribution in [2.45, 2.75) is 103 Å². The molecule has 0 aliphatic carbocycles. The van der Waals surface area contributed by atoms with Gasteiger partial charge in [-0.05, 0) is 12.8 Å². The maximum atomic E-state index is 2.37. The summed E-state index contributed by atoms with van der Waals surface area (Å²) in [6, 6.07) is 10.9. The van der Waals surface area contributed by atoms with Crippen LogP contribution in [0.4, 0.5) is 0 Å². The molecule has 0 spiro atoms. The molecule has 0 aliphatic heterocycles. The van der Waals surface area contributed by atoms with Gasteiger partial charge in [0.15, 0.2) is 0 Å². The maximum absolute atomic E-state index is 2.37. The Bertz CT molecular complexity index is 420. The van der Waals surface area contributed by atoms with Crippen LogP contribution < -0.4 is 23.1 Å². The molecular formula is C25H49BrN2. The Morgan fingerprint density at radius 3 is 1.43 bits per heavy atom. The molecule has 0 amide bonds. The average Bonchev–Trinajstić information content (AvgIpc) is 2.62. The molecule has 0 heterocycles. The number of hydrogen-bond donors (Lipinski definition) is 1. The Hall–Kier alpha value is -0.380. The number of nitrogens with zero attached hydrogens (tertiary/aromatic N) is 1. The lowest BCUT2D eigenvalue weighted by Gasteiger charge is -2.30. The van der Waals surface area contributed by atoms with Crippen molar-refractivity contribution in [1.29, 1.82) is 0 Å². The quantitative estimate of drug-likeness (QED) is 0.262. The highest BCUT2D eigenvalue weighted by atomic mass is 79.9. The lowest BCUT2D eigenvalue weighted by molar-refractivity contribution is -0.903. The molecular weight excluding hydrogens is 408 g/mol. The second kappa shape index (κ2) is 19.9. The van der Waals surface area contributed by atoms with E-state index in [-0.39, 0.29) is 23.1 Å².